The summed E-state index contributed by atoms with van der Waals surface area (Å²) in [6.07, 6.45) is 3.81. The molecule has 3 aromatic rings. The number of carbonyl (C=O) groups is 2. The minimum absolute atomic E-state index is 0.0465. The molecule has 1 atom stereocenters. The first kappa shape index (κ1) is 25.5. The molecule has 3 aromatic carbocycles. The van der Waals surface area contributed by atoms with Crippen molar-refractivity contribution >= 4 is 17.4 Å². The highest BCUT2D eigenvalue weighted by molar-refractivity contribution is 5.99. The maximum absolute atomic E-state index is 13.5. The number of Topliss-reactive ketones (excluding diaryl/α,β-unsaturated/α-hetero) is 1. The Hall–Kier alpha value is -3.60. The standard InChI is InChI=1S/C31H36N2O3/c1-23(2)19-28(30(34)21-33-18-9-8-14-25-13-6-7-17-29(25)33)32-31(35)26-15-10-16-27(20-26)36-22-24-11-4-3-5-12-24/h3-7,10-13,15-17,20,23,28H,8-9,14,18-19,21-22H2,1-2H3,(H,32,35)/t28-/m0/s1. The lowest BCUT2D eigenvalue weighted by Crippen LogP contribution is -2.46. The molecule has 0 saturated carbocycles. The minimum Gasteiger partial charge on any atom is -0.489 e. The molecule has 0 saturated heterocycles. The van der Waals surface area contributed by atoms with E-state index in [1.54, 1.807) is 12.1 Å². The number of para-hydroxylation sites is 1. The van der Waals surface area contributed by atoms with Crippen LogP contribution in [-0.4, -0.2) is 30.8 Å². The molecule has 1 amide bonds. The quantitative estimate of drug-likeness (QED) is 0.394. The van der Waals surface area contributed by atoms with Crippen LogP contribution in [0, 0.1) is 5.92 Å². The van der Waals surface area contributed by atoms with Crippen molar-refractivity contribution in [2.45, 2.75) is 52.2 Å². The molecule has 4 rings (SSSR count). The fourth-order valence-corrected chi connectivity index (χ4v) is 4.68. The maximum Gasteiger partial charge on any atom is 0.251 e. The second kappa shape index (κ2) is 12.4. The second-order valence-electron chi connectivity index (χ2n) is 9.93. The first-order valence-electron chi connectivity index (χ1n) is 12.9. The van der Waals surface area contributed by atoms with Crippen molar-refractivity contribution in [1.29, 1.82) is 0 Å². The Morgan fingerprint density at radius 2 is 1.72 bits per heavy atom. The van der Waals surface area contributed by atoms with E-state index in [-0.39, 0.29) is 17.6 Å². The summed E-state index contributed by atoms with van der Waals surface area (Å²) in [7, 11) is 0. The van der Waals surface area contributed by atoms with Crippen LogP contribution in [0.2, 0.25) is 0 Å². The molecule has 0 bridgehead atoms. The van der Waals surface area contributed by atoms with E-state index in [0.717, 1.165) is 37.1 Å². The SMILES string of the molecule is CC(C)C[C@H](NC(=O)c1cccc(OCc2ccccc2)c1)C(=O)CN1CCCCc2ccccc21. The number of carbonyl (C=O) groups excluding carboxylic acids is 2. The highest BCUT2D eigenvalue weighted by atomic mass is 16.5. The number of ether oxygens (including phenoxy) is 1. The Bertz CT molecular complexity index is 1160. The summed E-state index contributed by atoms with van der Waals surface area (Å²) in [5.74, 6) is 0.691. The molecule has 0 fully saturated rings. The Morgan fingerprint density at radius 3 is 2.53 bits per heavy atom. The monoisotopic (exact) mass is 484 g/mol. The van der Waals surface area contributed by atoms with Crippen molar-refractivity contribution in [1.82, 2.24) is 5.32 Å². The molecular formula is C31H36N2O3. The molecule has 0 spiro atoms. The summed E-state index contributed by atoms with van der Waals surface area (Å²) < 4.78 is 5.89. The highest BCUT2D eigenvalue weighted by Gasteiger charge is 2.26. The summed E-state index contributed by atoms with van der Waals surface area (Å²) in [6, 6.07) is 24.9. The van der Waals surface area contributed by atoms with Crippen LogP contribution in [0.25, 0.3) is 0 Å². The van der Waals surface area contributed by atoms with Gasteiger partial charge in [-0.3, -0.25) is 9.59 Å². The number of aryl methyl sites for hydroxylation is 1. The maximum atomic E-state index is 13.5. The van der Waals surface area contributed by atoms with Crippen LogP contribution in [0.1, 0.15) is 54.6 Å². The number of rotatable bonds is 10. The van der Waals surface area contributed by atoms with E-state index in [0.29, 0.717) is 30.9 Å². The van der Waals surface area contributed by atoms with Crippen molar-refractivity contribution in [3.8, 4) is 5.75 Å². The van der Waals surface area contributed by atoms with Crippen LogP contribution >= 0.6 is 0 Å². The van der Waals surface area contributed by atoms with E-state index >= 15 is 0 Å². The molecule has 1 aliphatic rings. The van der Waals surface area contributed by atoms with Crippen molar-refractivity contribution in [2.75, 3.05) is 18.0 Å². The summed E-state index contributed by atoms with van der Waals surface area (Å²) >= 11 is 0. The van der Waals surface area contributed by atoms with Gasteiger partial charge in [0, 0.05) is 17.8 Å². The van der Waals surface area contributed by atoms with Crippen LogP contribution in [0.4, 0.5) is 5.69 Å². The Kier molecular flexibility index (Phi) is 8.77. The average molecular weight is 485 g/mol. The lowest BCUT2D eigenvalue weighted by Gasteiger charge is -2.27. The van der Waals surface area contributed by atoms with Gasteiger partial charge in [0.1, 0.15) is 12.4 Å². The van der Waals surface area contributed by atoms with Crippen LogP contribution in [0.3, 0.4) is 0 Å². The first-order valence-corrected chi connectivity index (χ1v) is 12.9. The zero-order valence-electron chi connectivity index (χ0n) is 21.3. The van der Waals surface area contributed by atoms with E-state index < -0.39 is 6.04 Å². The molecule has 1 aliphatic heterocycles. The minimum atomic E-state index is -0.540. The van der Waals surface area contributed by atoms with Crippen molar-refractivity contribution in [2.24, 2.45) is 5.92 Å². The topological polar surface area (TPSA) is 58.6 Å². The van der Waals surface area contributed by atoms with Crippen LogP contribution in [0.5, 0.6) is 5.75 Å². The average Bonchev–Trinajstić information content (AvgIpc) is 3.10. The van der Waals surface area contributed by atoms with Gasteiger partial charge < -0.3 is 15.0 Å². The molecule has 1 N–H and O–H groups in total. The fourth-order valence-electron chi connectivity index (χ4n) is 4.68. The van der Waals surface area contributed by atoms with E-state index in [2.05, 4.69) is 42.3 Å². The van der Waals surface area contributed by atoms with Gasteiger partial charge in [-0.05, 0) is 67.0 Å². The molecule has 188 valence electrons. The van der Waals surface area contributed by atoms with Gasteiger partial charge in [0.2, 0.25) is 0 Å². The van der Waals surface area contributed by atoms with E-state index in [9.17, 15) is 9.59 Å². The van der Waals surface area contributed by atoms with E-state index in [1.165, 1.54) is 5.56 Å². The predicted octanol–water partition coefficient (Wildman–Crippen LogP) is 5.82. The van der Waals surface area contributed by atoms with Gasteiger partial charge in [-0.25, -0.2) is 0 Å². The molecule has 0 aliphatic carbocycles. The number of nitrogens with zero attached hydrogens (tertiary/aromatic N) is 1. The first-order chi connectivity index (χ1) is 17.5. The van der Waals surface area contributed by atoms with Gasteiger partial charge >= 0.3 is 0 Å². The normalized spacial score (nSPS) is 14.0. The van der Waals surface area contributed by atoms with Crippen LogP contribution < -0.4 is 15.0 Å². The highest BCUT2D eigenvalue weighted by Crippen LogP contribution is 2.26. The Balaban J connectivity index is 1.43. The largest absolute Gasteiger partial charge is 0.489 e. The van der Waals surface area contributed by atoms with Gasteiger partial charge in [-0.2, -0.15) is 0 Å². The number of nitrogens with one attached hydrogen (secondary N) is 1. The van der Waals surface area contributed by atoms with Crippen molar-refractivity contribution in [3.63, 3.8) is 0 Å². The van der Waals surface area contributed by atoms with Gasteiger partial charge in [0.25, 0.3) is 5.91 Å². The summed E-state index contributed by atoms with van der Waals surface area (Å²) in [5.41, 5.74) is 3.98. The third kappa shape index (κ3) is 6.97. The summed E-state index contributed by atoms with van der Waals surface area (Å²) in [5, 5.41) is 3.02. The smallest absolute Gasteiger partial charge is 0.251 e. The number of benzene rings is 3. The third-order valence-corrected chi connectivity index (χ3v) is 6.55. The Labute approximate surface area is 214 Å². The van der Waals surface area contributed by atoms with E-state index in [4.69, 9.17) is 4.74 Å². The number of ketones is 1. The zero-order valence-corrected chi connectivity index (χ0v) is 21.3. The van der Waals surface area contributed by atoms with Gasteiger partial charge in [0.05, 0.1) is 12.6 Å². The number of anilines is 1. The summed E-state index contributed by atoms with van der Waals surface area (Å²) in [4.78, 5) is 28.8. The molecule has 5 nitrogen and oxygen atoms in total. The second-order valence-corrected chi connectivity index (χ2v) is 9.93. The zero-order chi connectivity index (χ0) is 25.3. The van der Waals surface area contributed by atoms with Crippen molar-refractivity contribution < 1.29 is 14.3 Å². The molecule has 0 unspecified atom stereocenters. The van der Waals surface area contributed by atoms with Crippen LogP contribution in [-0.2, 0) is 17.8 Å². The molecular weight excluding hydrogens is 448 g/mol. The number of hydrogen-bond donors (Lipinski definition) is 1. The van der Waals surface area contributed by atoms with E-state index in [1.807, 2.05) is 48.5 Å². The van der Waals surface area contributed by atoms with Crippen LogP contribution in [0.15, 0.2) is 78.9 Å². The number of amides is 1. The molecule has 0 radical (unpaired) electrons. The molecule has 0 aromatic heterocycles. The number of hydrogen-bond acceptors (Lipinski definition) is 4. The molecule has 5 heteroatoms. The summed E-state index contributed by atoms with van der Waals surface area (Å²) in [6.45, 7) is 5.73. The molecule has 36 heavy (non-hydrogen) atoms. The third-order valence-electron chi connectivity index (χ3n) is 6.55. The van der Waals surface area contributed by atoms with Gasteiger partial charge in [-0.1, -0.05) is 68.4 Å². The fraction of sp³-hybridized carbons (Fsp3) is 0.355. The lowest BCUT2D eigenvalue weighted by molar-refractivity contribution is -0.120. The number of fused-ring (bicyclic) bond motifs is 1. The predicted molar refractivity (Wildman–Crippen MR) is 145 cm³/mol. The van der Waals surface area contributed by atoms with Gasteiger partial charge in [0.15, 0.2) is 5.78 Å². The van der Waals surface area contributed by atoms with Gasteiger partial charge in [-0.15, -0.1) is 0 Å². The lowest BCUT2D eigenvalue weighted by atomic mass is 9.99. The van der Waals surface area contributed by atoms with Crippen molar-refractivity contribution in [3.05, 3.63) is 95.6 Å². The molecule has 1 heterocycles. The Morgan fingerprint density at radius 1 is 0.944 bits per heavy atom.